The second-order valence-electron chi connectivity index (χ2n) is 3.63. The molecule has 1 amide bonds. The van der Waals surface area contributed by atoms with Crippen LogP contribution >= 0.6 is 0 Å². The van der Waals surface area contributed by atoms with Gasteiger partial charge in [-0.25, -0.2) is 4.98 Å². The first-order valence-corrected chi connectivity index (χ1v) is 6.68. The summed E-state index contributed by atoms with van der Waals surface area (Å²) >= 11 is 0. The van der Waals surface area contributed by atoms with Crippen molar-refractivity contribution in [1.82, 2.24) is 10.3 Å². The molecule has 0 saturated heterocycles. The number of nitrogen functional groups attached to an aromatic ring is 1. The predicted molar refractivity (Wildman–Crippen MR) is 67.8 cm³/mol. The van der Waals surface area contributed by atoms with Crippen LogP contribution in [-0.4, -0.2) is 26.9 Å². The number of rotatable bonds is 5. The molecule has 6 heteroatoms. The highest BCUT2D eigenvalue weighted by atomic mass is 32.2. The van der Waals surface area contributed by atoms with Crippen molar-refractivity contribution in [3.63, 3.8) is 0 Å². The summed E-state index contributed by atoms with van der Waals surface area (Å²) in [5.74, 6) is -0.241. The number of carbonyl (C=O) groups excluding carboxylic acids is 1. The van der Waals surface area contributed by atoms with E-state index in [2.05, 4.69) is 10.3 Å². The van der Waals surface area contributed by atoms with Crippen LogP contribution in [0, 0.1) is 0 Å². The van der Waals surface area contributed by atoms with Gasteiger partial charge in [0.2, 0.25) is 5.91 Å². The number of amides is 1. The molecule has 2 atom stereocenters. The average Bonchev–Trinajstić information content (AvgIpc) is 2.34. The Morgan fingerprint density at radius 2 is 2.35 bits per heavy atom. The Morgan fingerprint density at radius 3 is 2.94 bits per heavy atom. The summed E-state index contributed by atoms with van der Waals surface area (Å²) in [4.78, 5) is 15.6. The molecule has 5 nitrogen and oxygen atoms in total. The molecule has 0 aliphatic carbocycles. The van der Waals surface area contributed by atoms with Gasteiger partial charge in [-0.15, -0.1) is 0 Å². The maximum absolute atomic E-state index is 12.1. The fourth-order valence-corrected chi connectivity index (χ4v) is 2.31. The van der Waals surface area contributed by atoms with Crippen molar-refractivity contribution in [3.05, 3.63) is 18.3 Å². The van der Waals surface area contributed by atoms with E-state index in [-0.39, 0.29) is 10.9 Å². The second-order valence-corrected chi connectivity index (χ2v) is 5.32. The van der Waals surface area contributed by atoms with E-state index in [1.165, 1.54) is 6.20 Å². The molecule has 17 heavy (non-hydrogen) atoms. The number of aromatic nitrogens is 1. The highest BCUT2D eigenvalue weighted by Crippen LogP contribution is 2.15. The normalized spacial score (nSPS) is 14.0. The van der Waals surface area contributed by atoms with Gasteiger partial charge < -0.3 is 11.1 Å². The lowest BCUT2D eigenvalue weighted by Gasteiger charge is -2.12. The first-order chi connectivity index (χ1) is 8.07. The number of hydrogen-bond donors (Lipinski definition) is 2. The van der Waals surface area contributed by atoms with Gasteiger partial charge in [0, 0.05) is 12.7 Å². The van der Waals surface area contributed by atoms with Gasteiger partial charge in [-0.05, 0) is 25.5 Å². The van der Waals surface area contributed by atoms with Gasteiger partial charge in [0.15, 0.2) is 5.03 Å². The lowest BCUT2D eigenvalue weighted by atomic mass is 10.4. The second kappa shape index (κ2) is 6.34. The molecular formula is C11H17N3O2S. The zero-order chi connectivity index (χ0) is 12.8. The molecule has 2 unspecified atom stereocenters. The summed E-state index contributed by atoms with van der Waals surface area (Å²) in [6.07, 6.45) is 2.36. The van der Waals surface area contributed by atoms with E-state index >= 15 is 0 Å². The number of pyridine rings is 1. The van der Waals surface area contributed by atoms with E-state index in [0.717, 1.165) is 6.42 Å². The molecule has 1 rings (SSSR count). The number of anilines is 1. The summed E-state index contributed by atoms with van der Waals surface area (Å²) in [6.45, 7) is 4.14. The molecule has 0 aromatic carbocycles. The Morgan fingerprint density at radius 1 is 1.65 bits per heavy atom. The molecule has 0 aliphatic heterocycles. The third-order valence-electron chi connectivity index (χ3n) is 2.23. The van der Waals surface area contributed by atoms with Crippen molar-refractivity contribution in [2.45, 2.75) is 30.5 Å². The largest absolute Gasteiger partial charge is 0.396 e. The van der Waals surface area contributed by atoms with Crippen LogP contribution in [0.1, 0.15) is 20.3 Å². The minimum absolute atomic E-state index is 0.241. The number of hydrogen-bond acceptors (Lipinski definition) is 4. The molecule has 0 bridgehead atoms. The van der Waals surface area contributed by atoms with Gasteiger partial charge in [0.1, 0.15) is 5.25 Å². The molecule has 1 aromatic rings. The molecule has 3 N–H and O–H groups in total. The highest BCUT2D eigenvalue weighted by Gasteiger charge is 2.23. The molecular weight excluding hydrogens is 238 g/mol. The lowest BCUT2D eigenvalue weighted by Crippen LogP contribution is -2.36. The van der Waals surface area contributed by atoms with Gasteiger partial charge in [0.25, 0.3) is 0 Å². The molecule has 1 heterocycles. The van der Waals surface area contributed by atoms with Crippen LogP contribution in [0.2, 0.25) is 0 Å². The number of nitrogens with one attached hydrogen (secondary N) is 1. The minimum Gasteiger partial charge on any atom is -0.396 e. The van der Waals surface area contributed by atoms with Gasteiger partial charge in [-0.3, -0.25) is 9.00 Å². The van der Waals surface area contributed by atoms with E-state index in [4.69, 9.17) is 5.73 Å². The smallest absolute Gasteiger partial charge is 0.235 e. The van der Waals surface area contributed by atoms with Crippen molar-refractivity contribution in [2.24, 2.45) is 0 Å². The molecule has 0 aliphatic rings. The fraction of sp³-hybridized carbons (Fsp3) is 0.455. The monoisotopic (exact) mass is 255 g/mol. The Labute approximate surface area is 103 Å². The average molecular weight is 255 g/mol. The topological polar surface area (TPSA) is 85.1 Å². The quantitative estimate of drug-likeness (QED) is 0.810. The first kappa shape index (κ1) is 13.6. The third-order valence-corrected chi connectivity index (χ3v) is 3.81. The summed E-state index contributed by atoms with van der Waals surface area (Å²) in [5, 5.41) is 2.32. The first-order valence-electron chi connectivity index (χ1n) is 5.46. The Hall–Kier alpha value is -1.43. The maximum atomic E-state index is 12.1. The van der Waals surface area contributed by atoms with Crippen molar-refractivity contribution in [2.75, 3.05) is 12.3 Å². The molecule has 0 fully saturated rings. The van der Waals surface area contributed by atoms with E-state index < -0.39 is 16.0 Å². The Bertz CT molecular complexity index is 423. The van der Waals surface area contributed by atoms with E-state index in [1.807, 2.05) is 6.92 Å². The van der Waals surface area contributed by atoms with Crippen LogP contribution < -0.4 is 11.1 Å². The summed E-state index contributed by atoms with van der Waals surface area (Å²) < 4.78 is 12.1. The fourth-order valence-electron chi connectivity index (χ4n) is 1.23. The Balaban J connectivity index is 2.77. The standard InChI is InChI=1S/C11H17N3O2S/c1-3-6-13-10(15)8(2)17(16)11-9(12)5-4-7-14-11/h4-5,7-8H,3,6,12H2,1-2H3,(H,13,15). The van der Waals surface area contributed by atoms with Crippen LogP contribution in [0.15, 0.2) is 23.4 Å². The zero-order valence-corrected chi connectivity index (χ0v) is 10.8. The van der Waals surface area contributed by atoms with Gasteiger partial charge in [0.05, 0.1) is 16.5 Å². The van der Waals surface area contributed by atoms with Gasteiger partial charge in [-0.1, -0.05) is 6.92 Å². The van der Waals surface area contributed by atoms with Crippen LogP contribution in [0.3, 0.4) is 0 Å². The zero-order valence-electron chi connectivity index (χ0n) is 9.97. The molecule has 1 aromatic heterocycles. The molecule has 0 spiro atoms. The summed E-state index contributed by atoms with van der Waals surface area (Å²) in [7, 11) is -1.52. The van der Waals surface area contributed by atoms with E-state index in [9.17, 15) is 9.00 Å². The molecule has 94 valence electrons. The predicted octanol–water partition coefficient (Wildman–Crippen LogP) is 0.686. The van der Waals surface area contributed by atoms with Crippen LogP contribution in [0.5, 0.6) is 0 Å². The summed E-state index contributed by atoms with van der Waals surface area (Å²) in [6, 6.07) is 3.29. The van der Waals surface area contributed by atoms with Gasteiger partial charge in [-0.2, -0.15) is 0 Å². The highest BCUT2D eigenvalue weighted by molar-refractivity contribution is 7.86. The molecule has 0 saturated carbocycles. The van der Waals surface area contributed by atoms with Crippen molar-refractivity contribution in [3.8, 4) is 0 Å². The molecule has 0 radical (unpaired) electrons. The third kappa shape index (κ3) is 3.52. The minimum atomic E-state index is -1.52. The van der Waals surface area contributed by atoms with Crippen molar-refractivity contribution < 1.29 is 9.00 Å². The van der Waals surface area contributed by atoms with E-state index in [1.54, 1.807) is 19.1 Å². The number of nitrogens with zero attached hydrogens (tertiary/aromatic N) is 1. The van der Waals surface area contributed by atoms with Crippen LogP contribution in [0.25, 0.3) is 0 Å². The SMILES string of the molecule is CCCNC(=O)C(C)S(=O)c1ncccc1N. The van der Waals surface area contributed by atoms with E-state index in [0.29, 0.717) is 12.2 Å². The number of nitrogens with two attached hydrogens (primary N) is 1. The van der Waals surface area contributed by atoms with Crippen molar-refractivity contribution in [1.29, 1.82) is 0 Å². The lowest BCUT2D eigenvalue weighted by molar-refractivity contribution is -0.120. The van der Waals surface area contributed by atoms with Crippen LogP contribution in [0.4, 0.5) is 5.69 Å². The van der Waals surface area contributed by atoms with Crippen LogP contribution in [-0.2, 0) is 15.6 Å². The Kier molecular flexibility index (Phi) is 5.09. The van der Waals surface area contributed by atoms with Crippen molar-refractivity contribution >= 4 is 22.4 Å². The summed E-state index contributed by atoms with van der Waals surface area (Å²) in [5.41, 5.74) is 6.02. The number of carbonyl (C=O) groups is 1. The maximum Gasteiger partial charge on any atom is 0.235 e. The van der Waals surface area contributed by atoms with Gasteiger partial charge >= 0.3 is 0 Å².